The Hall–Kier alpha value is -3.14. The highest BCUT2D eigenvalue weighted by Gasteiger charge is 2.20. The van der Waals surface area contributed by atoms with E-state index < -0.39 is 5.97 Å². The molecule has 4 nitrogen and oxygen atoms in total. The number of benzene rings is 1. The smallest absolute Gasteiger partial charge is 0.363 e. The number of aliphatic imine (C=N–C) groups is 1. The maximum absolute atomic E-state index is 11.7. The van der Waals surface area contributed by atoms with Crippen LogP contribution in [0, 0.1) is 0 Å². The molecule has 1 aliphatic rings. The molecule has 1 aromatic heterocycles. The number of ether oxygens (including phenoxy) is 1. The van der Waals surface area contributed by atoms with E-state index in [1.54, 1.807) is 36.6 Å². The molecule has 22 heavy (non-hydrogen) atoms. The minimum Gasteiger partial charge on any atom is -0.465 e. The van der Waals surface area contributed by atoms with E-state index in [9.17, 15) is 4.79 Å². The van der Waals surface area contributed by atoms with E-state index in [4.69, 9.17) is 9.15 Å². The number of furan rings is 1. The van der Waals surface area contributed by atoms with Crippen LogP contribution in [0.1, 0.15) is 11.3 Å². The van der Waals surface area contributed by atoms with Gasteiger partial charge in [-0.25, -0.2) is 9.79 Å². The second-order valence-corrected chi connectivity index (χ2v) is 4.51. The normalized spacial score (nSPS) is 16.6. The molecule has 0 spiro atoms. The second-order valence-electron chi connectivity index (χ2n) is 4.51. The molecule has 0 saturated heterocycles. The van der Waals surface area contributed by atoms with Crippen LogP contribution in [0.4, 0.5) is 0 Å². The van der Waals surface area contributed by atoms with Crippen LogP contribution >= 0.6 is 0 Å². The predicted molar refractivity (Wildman–Crippen MR) is 84.8 cm³/mol. The first kappa shape index (κ1) is 13.8. The van der Waals surface area contributed by atoms with E-state index in [0.717, 1.165) is 5.56 Å². The molecule has 3 rings (SSSR count). The lowest BCUT2D eigenvalue weighted by Gasteiger charge is -1.92. The summed E-state index contributed by atoms with van der Waals surface area (Å²) >= 11 is 0. The lowest BCUT2D eigenvalue weighted by molar-refractivity contribution is -0.129. The van der Waals surface area contributed by atoms with E-state index >= 15 is 0 Å². The number of cyclic esters (lactones) is 1. The number of hydrogen-bond donors (Lipinski definition) is 0. The van der Waals surface area contributed by atoms with Gasteiger partial charge in [0, 0.05) is 6.08 Å². The average molecular weight is 291 g/mol. The van der Waals surface area contributed by atoms with Gasteiger partial charge in [0.15, 0.2) is 5.70 Å². The second kappa shape index (κ2) is 6.54. The molecule has 1 aromatic carbocycles. The van der Waals surface area contributed by atoms with Crippen molar-refractivity contribution in [3.05, 3.63) is 84.0 Å². The first-order valence-electron chi connectivity index (χ1n) is 6.77. The van der Waals surface area contributed by atoms with E-state index in [1.807, 2.05) is 42.5 Å². The zero-order chi connectivity index (χ0) is 15.2. The zero-order valence-corrected chi connectivity index (χ0v) is 11.7. The van der Waals surface area contributed by atoms with Crippen LogP contribution in [0.15, 0.2) is 82.1 Å². The molecule has 0 amide bonds. The highest BCUT2D eigenvalue weighted by molar-refractivity contribution is 6.09. The molecule has 0 atom stereocenters. The fourth-order valence-corrected chi connectivity index (χ4v) is 1.86. The molecule has 0 saturated carbocycles. The third-order valence-electron chi connectivity index (χ3n) is 2.91. The number of allylic oxidation sites excluding steroid dienone is 2. The van der Waals surface area contributed by atoms with Gasteiger partial charge < -0.3 is 9.15 Å². The summed E-state index contributed by atoms with van der Waals surface area (Å²) in [6.45, 7) is 0. The lowest BCUT2D eigenvalue weighted by atomic mass is 10.2. The van der Waals surface area contributed by atoms with Crippen LogP contribution in [-0.2, 0) is 9.53 Å². The van der Waals surface area contributed by atoms with Gasteiger partial charge in [0.05, 0.1) is 6.26 Å². The van der Waals surface area contributed by atoms with Gasteiger partial charge in [-0.05, 0) is 35.9 Å². The Morgan fingerprint density at radius 2 is 1.82 bits per heavy atom. The summed E-state index contributed by atoms with van der Waals surface area (Å²) in [5.41, 5.74) is 1.27. The molecule has 0 radical (unpaired) electrons. The van der Waals surface area contributed by atoms with Gasteiger partial charge in [-0.15, -0.1) is 0 Å². The van der Waals surface area contributed by atoms with Crippen LogP contribution in [-0.4, -0.2) is 11.9 Å². The lowest BCUT2D eigenvalue weighted by Crippen LogP contribution is -2.00. The summed E-state index contributed by atoms with van der Waals surface area (Å²) in [4.78, 5) is 15.8. The summed E-state index contributed by atoms with van der Waals surface area (Å²) in [5.74, 6) is 0.527. The monoisotopic (exact) mass is 291 g/mol. The largest absolute Gasteiger partial charge is 0.465 e. The van der Waals surface area contributed by atoms with Crippen molar-refractivity contribution in [3.8, 4) is 0 Å². The van der Waals surface area contributed by atoms with Crippen molar-refractivity contribution < 1.29 is 13.9 Å². The van der Waals surface area contributed by atoms with Crippen molar-refractivity contribution >= 4 is 24.0 Å². The van der Waals surface area contributed by atoms with Crippen LogP contribution in [0.3, 0.4) is 0 Å². The minimum atomic E-state index is -0.461. The Balaban J connectivity index is 1.70. The van der Waals surface area contributed by atoms with Gasteiger partial charge in [0.2, 0.25) is 5.90 Å². The van der Waals surface area contributed by atoms with Crippen molar-refractivity contribution in [3.63, 3.8) is 0 Å². The zero-order valence-electron chi connectivity index (χ0n) is 11.7. The topological polar surface area (TPSA) is 51.8 Å². The third kappa shape index (κ3) is 3.49. The first-order valence-corrected chi connectivity index (χ1v) is 6.77. The predicted octanol–water partition coefficient (Wildman–Crippen LogP) is 3.85. The van der Waals surface area contributed by atoms with E-state index in [1.165, 1.54) is 0 Å². The Bertz CT molecular complexity index is 766. The summed E-state index contributed by atoms with van der Waals surface area (Å²) in [5, 5.41) is 0. The fraction of sp³-hybridized carbons (Fsp3) is 0. The molecule has 0 bridgehead atoms. The highest BCUT2D eigenvalue weighted by Crippen LogP contribution is 2.13. The maximum Gasteiger partial charge on any atom is 0.363 e. The van der Waals surface area contributed by atoms with Gasteiger partial charge in [0.25, 0.3) is 0 Å². The molecule has 1 aliphatic heterocycles. The summed E-state index contributed by atoms with van der Waals surface area (Å²) < 4.78 is 10.2. The molecule has 2 heterocycles. The number of esters is 1. The quantitative estimate of drug-likeness (QED) is 0.635. The molecule has 0 fully saturated rings. The van der Waals surface area contributed by atoms with Crippen LogP contribution in [0.5, 0.6) is 0 Å². The Kier molecular flexibility index (Phi) is 4.11. The van der Waals surface area contributed by atoms with E-state index in [2.05, 4.69) is 4.99 Å². The number of rotatable bonds is 4. The Labute approximate surface area is 127 Å². The first-order chi connectivity index (χ1) is 10.8. The third-order valence-corrected chi connectivity index (χ3v) is 2.91. The highest BCUT2D eigenvalue weighted by atomic mass is 16.6. The SMILES string of the molecule is O=C1OC(/C=C\c2ccccc2)=NC/1=C/C=C\c1ccco1. The van der Waals surface area contributed by atoms with E-state index in [0.29, 0.717) is 5.76 Å². The van der Waals surface area contributed by atoms with Gasteiger partial charge in [-0.2, -0.15) is 0 Å². The summed E-state index contributed by atoms with van der Waals surface area (Å²) in [7, 11) is 0. The molecule has 108 valence electrons. The Morgan fingerprint density at radius 1 is 0.955 bits per heavy atom. The van der Waals surface area contributed by atoms with E-state index in [-0.39, 0.29) is 11.6 Å². The minimum absolute atomic E-state index is 0.260. The molecular weight excluding hydrogens is 278 g/mol. The number of carbonyl (C=O) groups is 1. The van der Waals surface area contributed by atoms with Gasteiger partial charge >= 0.3 is 5.97 Å². The molecule has 4 heteroatoms. The summed E-state index contributed by atoms with van der Waals surface area (Å²) in [6.07, 6.45) is 10.1. The van der Waals surface area contributed by atoms with Crippen molar-refractivity contribution in [2.75, 3.05) is 0 Å². The maximum atomic E-state index is 11.7. The summed E-state index contributed by atoms with van der Waals surface area (Å²) in [6, 6.07) is 13.3. The van der Waals surface area contributed by atoms with Gasteiger partial charge in [0.1, 0.15) is 5.76 Å². The molecule has 0 N–H and O–H groups in total. The van der Waals surface area contributed by atoms with Crippen LogP contribution in [0.25, 0.3) is 12.2 Å². The average Bonchev–Trinajstić information content (AvgIpc) is 3.17. The molecule has 0 aliphatic carbocycles. The van der Waals surface area contributed by atoms with Gasteiger partial charge in [-0.1, -0.05) is 36.4 Å². The Morgan fingerprint density at radius 3 is 2.59 bits per heavy atom. The number of nitrogens with zero attached hydrogens (tertiary/aromatic N) is 1. The number of hydrogen-bond acceptors (Lipinski definition) is 4. The van der Waals surface area contributed by atoms with Crippen molar-refractivity contribution in [2.45, 2.75) is 0 Å². The van der Waals surface area contributed by atoms with Crippen molar-refractivity contribution in [1.82, 2.24) is 0 Å². The molecule has 2 aromatic rings. The van der Waals surface area contributed by atoms with Gasteiger partial charge in [-0.3, -0.25) is 0 Å². The number of carbonyl (C=O) groups excluding carboxylic acids is 1. The molecule has 0 unspecified atom stereocenters. The van der Waals surface area contributed by atoms with Crippen LogP contribution < -0.4 is 0 Å². The van der Waals surface area contributed by atoms with Crippen molar-refractivity contribution in [2.24, 2.45) is 4.99 Å². The van der Waals surface area contributed by atoms with Crippen LogP contribution in [0.2, 0.25) is 0 Å². The van der Waals surface area contributed by atoms with Crippen molar-refractivity contribution in [1.29, 1.82) is 0 Å². The molecular formula is C18H13NO3. The fourth-order valence-electron chi connectivity index (χ4n) is 1.86. The standard InChI is InChI=1S/C18H13NO3/c20-18-16(10-4-8-15-9-5-13-21-15)19-17(22-18)12-11-14-6-2-1-3-7-14/h1-13H/b8-4-,12-11-,16-10+.